The Kier molecular flexibility index (Phi) is 6.17. The maximum Gasteiger partial charge on any atom is 0.306 e. The maximum atomic E-state index is 11.4. The molecule has 3 aromatic rings. The van der Waals surface area contributed by atoms with Gasteiger partial charge in [0.05, 0.1) is 12.0 Å². The number of carbonyl (C=O) groups is 1. The van der Waals surface area contributed by atoms with Crippen molar-refractivity contribution in [3.05, 3.63) is 89.5 Å². The molecule has 0 aromatic heterocycles. The SMILES string of the molecule is O=C(O)C1CCN(C(c2ccc(OCc3ccccc3)cc2)c2ccc3c(c2)OCO3)CC1. The first-order valence-electron chi connectivity index (χ1n) is 11.3. The van der Waals surface area contributed by atoms with Gasteiger partial charge in [-0.05, 0) is 66.9 Å². The summed E-state index contributed by atoms with van der Waals surface area (Å²) < 4.78 is 17.1. The second-order valence-corrected chi connectivity index (χ2v) is 8.51. The minimum atomic E-state index is -0.700. The third-order valence-corrected chi connectivity index (χ3v) is 6.40. The van der Waals surface area contributed by atoms with E-state index in [4.69, 9.17) is 14.2 Å². The second kappa shape index (κ2) is 9.55. The molecule has 1 N–H and O–H groups in total. The molecule has 1 fully saturated rings. The number of nitrogens with zero attached hydrogens (tertiary/aromatic N) is 1. The van der Waals surface area contributed by atoms with E-state index in [9.17, 15) is 9.90 Å². The lowest BCUT2D eigenvalue weighted by atomic mass is 9.91. The highest BCUT2D eigenvalue weighted by molar-refractivity contribution is 5.70. The molecule has 2 aliphatic rings. The molecule has 1 saturated heterocycles. The zero-order valence-corrected chi connectivity index (χ0v) is 18.4. The lowest BCUT2D eigenvalue weighted by molar-refractivity contribution is -0.143. The van der Waals surface area contributed by atoms with Crippen molar-refractivity contribution in [3.63, 3.8) is 0 Å². The Morgan fingerprint density at radius 2 is 1.64 bits per heavy atom. The summed E-state index contributed by atoms with van der Waals surface area (Å²) in [6.45, 7) is 2.21. The topological polar surface area (TPSA) is 68.2 Å². The van der Waals surface area contributed by atoms with Crippen molar-refractivity contribution in [2.24, 2.45) is 5.92 Å². The molecule has 0 saturated carbocycles. The molecule has 6 heteroatoms. The van der Waals surface area contributed by atoms with Crippen LogP contribution in [0.5, 0.6) is 17.2 Å². The largest absolute Gasteiger partial charge is 0.489 e. The molecule has 3 aromatic carbocycles. The molecule has 0 bridgehead atoms. The van der Waals surface area contributed by atoms with Crippen LogP contribution in [-0.2, 0) is 11.4 Å². The summed E-state index contributed by atoms with van der Waals surface area (Å²) in [5.74, 6) is 1.35. The number of likely N-dealkylation sites (tertiary alicyclic amines) is 1. The van der Waals surface area contributed by atoms with E-state index in [-0.39, 0.29) is 18.8 Å². The Labute approximate surface area is 193 Å². The maximum absolute atomic E-state index is 11.4. The summed E-state index contributed by atoms with van der Waals surface area (Å²) in [6.07, 6.45) is 1.29. The molecule has 5 rings (SSSR count). The summed E-state index contributed by atoms with van der Waals surface area (Å²) in [5, 5.41) is 9.40. The molecule has 1 unspecified atom stereocenters. The first-order valence-corrected chi connectivity index (χ1v) is 11.3. The van der Waals surface area contributed by atoms with Crippen LogP contribution in [0.15, 0.2) is 72.8 Å². The summed E-state index contributed by atoms with van der Waals surface area (Å²) in [7, 11) is 0. The molecule has 0 amide bonds. The number of carboxylic acid groups (broad SMARTS) is 1. The number of piperidine rings is 1. The average molecular weight is 446 g/mol. The molecular formula is C27H27NO5. The van der Waals surface area contributed by atoms with Crippen LogP contribution in [0.2, 0.25) is 0 Å². The third kappa shape index (κ3) is 4.81. The number of aliphatic carboxylic acids is 1. The quantitative estimate of drug-likeness (QED) is 0.559. The molecule has 0 radical (unpaired) electrons. The molecule has 0 spiro atoms. The van der Waals surface area contributed by atoms with Crippen molar-refractivity contribution in [2.45, 2.75) is 25.5 Å². The molecule has 6 nitrogen and oxygen atoms in total. The van der Waals surface area contributed by atoms with Crippen LogP contribution in [0.25, 0.3) is 0 Å². The van der Waals surface area contributed by atoms with Gasteiger partial charge in [0.2, 0.25) is 6.79 Å². The highest BCUT2D eigenvalue weighted by atomic mass is 16.7. The van der Waals surface area contributed by atoms with Crippen LogP contribution in [0.4, 0.5) is 0 Å². The number of ether oxygens (including phenoxy) is 3. The number of rotatable bonds is 7. The van der Waals surface area contributed by atoms with Crippen LogP contribution in [0.3, 0.4) is 0 Å². The van der Waals surface area contributed by atoms with E-state index in [0.29, 0.717) is 19.4 Å². The Bertz CT molecular complexity index is 1090. The highest BCUT2D eigenvalue weighted by Gasteiger charge is 2.31. The van der Waals surface area contributed by atoms with Gasteiger partial charge in [-0.1, -0.05) is 48.5 Å². The predicted octanol–water partition coefficient (Wildman–Crippen LogP) is 4.88. The van der Waals surface area contributed by atoms with Crippen molar-refractivity contribution in [3.8, 4) is 17.2 Å². The highest BCUT2D eigenvalue weighted by Crippen LogP contribution is 2.39. The van der Waals surface area contributed by atoms with E-state index in [1.165, 1.54) is 0 Å². The Morgan fingerprint density at radius 3 is 2.36 bits per heavy atom. The normalized spacial score (nSPS) is 17.0. The van der Waals surface area contributed by atoms with Crippen LogP contribution in [0, 0.1) is 5.92 Å². The number of carboxylic acids is 1. The van der Waals surface area contributed by atoms with Gasteiger partial charge in [-0.2, -0.15) is 0 Å². The Morgan fingerprint density at radius 1 is 0.939 bits per heavy atom. The molecule has 0 aliphatic carbocycles. The number of benzene rings is 3. The standard InChI is InChI=1S/C27H27NO5/c29-27(30)21-12-14-28(15-13-21)26(22-8-11-24-25(16-22)33-18-32-24)20-6-9-23(10-7-20)31-17-19-4-2-1-3-5-19/h1-11,16,21,26H,12-15,17-18H2,(H,29,30). The first-order chi connectivity index (χ1) is 16.2. The van der Waals surface area contributed by atoms with E-state index in [1.54, 1.807) is 0 Å². The van der Waals surface area contributed by atoms with Gasteiger partial charge >= 0.3 is 5.97 Å². The van der Waals surface area contributed by atoms with Crippen LogP contribution in [-0.4, -0.2) is 35.9 Å². The van der Waals surface area contributed by atoms with Gasteiger partial charge in [0.25, 0.3) is 0 Å². The van der Waals surface area contributed by atoms with Gasteiger partial charge in [0.15, 0.2) is 11.5 Å². The van der Waals surface area contributed by atoms with Gasteiger partial charge in [-0.25, -0.2) is 0 Å². The average Bonchev–Trinajstić information content (AvgIpc) is 3.33. The summed E-state index contributed by atoms with van der Waals surface area (Å²) >= 11 is 0. The smallest absolute Gasteiger partial charge is 0.306 e. The lowest BCUT2D eigenvalue weighted by Crippen LogP contribution is -2.39. The summed E-state index contributed by atoms with van der Waals surface area (Å²) in [5.41, 5.74) is 3.36. The monoisotopic (exact) mass is 445 g/mol. The van der Waals surface area contributed by atoms with Gasteiger partial charge < -0.3 is 19.3 Å². The van der Waals surface area contributed by atoms with Gasteiger partial charge in [0, 0.05) is 0 Å². The van der Waals surface area contributed by atoms with Gasteiger partial charge in [-0.3, -0.25) is 9.69 Å². The fourth-order valence-electron chi connectivity index (χ4n) is 4.59. The van der Waals surface area contributed by atoms with E-state index < -0.39 is 5.97 Å². The minimum absolute atomic E-state index is 0.00239. The van der Waals surface area contributed by atoms with Crippen molar-refractivity contribution in [1.82, 2.24) is 4.90 Å². The number of hydrogen-bond acceptors (Lipinski definition) is 5. The predicted molar refractivity (Wildman–Crippen MR) is 124 cm³/mol. The minimum Gasteiger partial charge on any atom is -0.489 e. The lowest BCUT2D eigenvalue weighted by Gasteiger charge is -2.37. The van der Waals surface area contributed by atoms with Crippen molar-refractivity contribution >= 4 is 5.97 Å². The molecular weight excluding hydrogens is 418 g/mol. The molecule has 2 aliphatic heterocycles. The van der Waals surface area contributed by atoms with E-state index in [2.05, 4.69) is 23.1 Å². The van der Waals surface area contributed by atoms with E-state index >= 15 is 0 Å². The fraction of sp³-hybridized carbons (Fsp3) is 0.296. The number of fused-ring (bicyclic) bond motifs is 1. The van der Waals surface area contributed by atoms with Crippen LogP contribution >= 0.6 is 0 Å². The summed E-state index contributed by atoms with van der Waals surface area (Å²) in [4.78, 5) is 13.8. The third-order valence-electron chi connectivity index (χ3n) is 6.40. The Hall–Kier alpha value is -3.51. The zero-order valence-electron chi connectivity index (χ0n) is 18.4. The van der Waals surface area contributed by atoms with Crippen molar-refractivity contribution in [2.75, 3.05) is 19.9 Å². The van der Waals surface area contributed by atoms with E-state index in [1.807, 2.05) is 54.6 Å². The van der Waals surface area contributed by atoms with Gasteiger partial charge in [-0.15, -0.1) is 0 Å². The molecule has 33 heavy (non-hydrogen) atoms. The number of hydrogen-bond donors (Lipinski definition) is 1. The van der Waals surface area contributed by atoms with E-state index in [0.717, 1.165) is 47.0 Å². The zero-order chi connectivity index (χ0) is 22.6. The van der Waals surface area contributed by atoms with Gasteiger partial charge in [0.1, 0.15) is 12.4 Å². The fourth-order valence-corrected chi connectivity index (χ4v) is 4.59. The van der Waals surface area contributed by atoms with Crippen molar-refractivity contribution < 1.29 is 24.1 Å². The van der Waals surface area contributed by atoms with Crippen molar-refractivity contribution in [1.29, 1.82) is 0 Å². The molecule has 2 heterocycles. The second-order valence-electron chi connectivity index (χ2n) is 8.51. The Balaban J connectivity index is 1.37. The molecule has 170 valence electrons. The van der Waals surface area contributed by atoms with Crippen LogP contribution < -0.4 is 14.2 Å². The first kappa shape index (κ1) is 21.3. The summed E-state index contributed by atoms with van der Waals surface area (Å²) in [6, 6.07) is 24.4. The molecule has 1 atom stereocenters. The van der Waals surface area contributed by atoms with Crippen LogP contribution in [0.1, 0.15) is 35.6 Å².